The normalized spacial score (nSPS) is 8.96. The van der Waals surface area contributed by atoms with Crippen LogP contribution in [0, 0.1) is 0 Å². The SMILES string of the molecule is O=C(O)c1ccc(C(=O)O)nc1.O=C(O)c1ccc(C(=O)O)nc1.[Zn]. The number of hydrogen-bond donors (Lipinski definition) is 4. The Hall–Kier alpha value is -3.20. The maximum atomic E-state index is 10.3. The van der Waals surface area contributed by atoms with E-state index >= 15 is 0 Å². The molecule has 0 saturated heterocycles. The quantitative estimate of drug-likeness (QED) is 0.541. The van der Waals surface area contributed by atoms with Crippen LogP contribution in [0.5, 0.6) is 0 Å². The van der Waals surface area contributed by atoms with Gasteiger partial charge < -0.3 is 20.4 Å². The standard InChI is InChI=1S/2C7H5NO4.Zn/c2*9-6(10)4-1-2-5(7(11)12)8-3-4;/h2*1-3H,(H,9,10)(H,11,12);. The van der Waals surface area contributed by atoms with Crippen LogP contribution in [0.25, 0.3) is 0 Å². The second-order valence-corrected chi connectivity index (χ2v) is 4.08. The van der Waals surface area contributed by atoms with Crippen LogP contribution < -0.4 is 0 Å². The van der Waals surface area contributed by atoms with Gasteiger partial charge in [-0.1, -0.05) is 0 Å². The molecule has 0 bridgehead atoms. The number of hydrogen-bond acceptors (Lipinski definition) is 6. The van der Waals surface area contributed by atoms with E-state index in [-0.39, 0.29) is 42.0 Å². The van der Waals surface area contributed by atoms with Crippen LogP contribution >= 0.6 is 0 Å². The third-order valence-electron chi connectivity index (χ3n) is 2.46. The van der Waals surface area contributed by atoms with Gasteiger partial charge in [-0.3, -0.25) is 0 Å². The van der Waals surface area contributed by atoms with Gasteiger partial charge >= 0.3 is 23.9 Å². The molecular weight excluding hydrogens is 390 g/mol. The third kappa shape index (κ3) is 6.84. The molecule has 0 atom stereocenters. The maximum Gasteiger partial charge on any atom is 0.354 e. The summed E-state index contributed by atoms with van der Waals surface area (Å²) < 4.78 is 0. The van der Waals surface area contributed by atoms with Crippen molar-refractivity contribution in [1.29, 1.82) is 0 Å². The van der Waals surface area contributed by atoms with E-state index in [9.17, 15) is 19.2 Å². The second-order valence-electron chi connectivity index (χ2n) is 4.08. The van der Waals surface area contributed by atoms with Crippen molar-refractivity contribution in [3.63, 3.8) is 0 Å². The first-order valence-electron chi connectivity index (χ1n) is 6.07. The van der Waals surface area contributed by atoms with E-state index in [4.69, 9.17) is 20.4 Å². The van der Waals surface area contributed by atoms with E-state index in [0.29, 0.717) is 0 Å². The van der Waals surface area contributed by atoms with E-state index in [1.807, 2.05) is 0 Å². The molecule has 0 amide bonds. The number of pyridine rings is 2. The average Bonchev–Trinajstić information content (AvgIpc) is 2.55. The topological polar surface area (TPSA) is 175 Å². The Labute approximate surface area is 152 Å². The summed E-state index contributed by atoms with van der Waals surface area (Å²) in [5.41, 5.74) is -0.389. The zero-order valence-corrected chi connectivity index (χ0v) is 15.5. The van der Waals surface area contributed by atoms with E-state index in [0.717, 1.165) is 24.5 Å². The van der Waals surface area contributed by atoms with Crippen LogP contribution in [-0.2, 0) is 19.5 Å². The van der Waals surface area contributed by atoms with Crippen LogP contribution in [0.3, 0.4) is 0 Å². The predicted octanol–water partition coefficient (Wildman–Crippen LogP) is 0.954. The summed E-state index contributed by atoms with van der Waals surface area (Å²) in [5, 5.41) is 33.7. The van der Waals surface area contributed by atoms with Crippen LogP contribution in [-0.4, -0.2) is 54.3 Å². The molecule has 0 aliphatic heterocycles. The Morgan fingerprint density at radius 3 is 1.08 bits per heavy atom. The second kappa shape index (κ2) is 9.83. The number of nitrogens with zero attached hydrogens (tertiary/aromatic N) is 2. The molecule has 25 heavy (non-hydrogen) atoms. The van der Waals surface area contributed by atoms with Gasteiger partial charge in [-0.25, -0.2) is 29.1 Å². The minimum atomic E-state index is -1.17. The average molecular weight is 400 g/mol. The molecule has 11 heteroatoms. The van der Waals surface area contributed by atoms with Crippen LogP contribution in [0.15, 0.2) is 36.7 Å². The minimum Gasteiger partial charge on any atom is -0.478 e. The summed E-state index contributed by atoms with van der Waals surface area (Å²) in [6.07, 6.45) is 2.01. The van der Waals surface area contributed by atoms with Crippen LogP contribution in [0.4, 0.5) is 0 Å². The van der Waals surface area contributed by atoms with E-state index < -0.39 is 23.9 Å². The van der Waals surface area contributed by atoms with E-state index in [1.54, 1.807) is 0 Å². The molecule has 2 aromatic rings. The monoisotopic (exact) mass is 398 g/mol. The number of rotatable bonds is 4. The molecule has 2 rings (SSSR count). The van der Waals surface area contributed by atoms with E-state index in [1.165, 1.54) is 12.1 Å². The molecule has 0 saturated carbocycles. The van der Waals surface area contributed by atoms with Crippen molar-refractivity contribution in [2.45, 2.75) is 0 Å². The summed E-state index contributed by atoms with van der Waals surface area (Å²) >= 11 is 0. The van der Waals surface area contributed by atoms with Gasteiger partial charge in [0.2, 0.25) is 0 Å². The molecule has 126 valence electrons. The van der Waals surface area contributed by atoms with Gasteiger partial charge in [0.1, 0.15) is 11.4 Å². The van der Waals surface area contributed by atoms with Crippen molar-refractivity contribution >= 4 is 23.9 Å². The number of carboxylic acids is 4. The largest absolute Gasteiger partial charge is 0.478 e. The molecule has 10 nitrogen and oxygen atoms in total. The molecule has 0 radical (unpaired) electrons. The molecule has 0 spiro atoms. The predicted molar refractivity (Wildman–Crippen MR) is 76.3 cm³/mol. The first-order valence-corrected chi connectivity index (χ1v) is 6.07. The van der Waals surface area contributed by atoms with Crippen molar-refractivity contribution in [3.05, 3.63) is 59.2 Å². The van der Waals surface area contributed by atoms with Gasteiger partial charge in [-0.05, 0) is 24.3 Å². The summed E-state index contributed by atoms with van der Waals surface area (Å²) in [6.45, 7) is 0. The smallest absolute Gasteiger partial charge is 0.354 e. The zero-order chi connectivity index (χ0) is 18.3. The van der Waals surface area contributed by atoms with Crippen molar-refractivity contribution in [2.75, 3.05) is 0 Å². The number of aromatic carboxylic acids is 4. The third-order valence-corrected chi connectivity index (χ3v) is 2.46. The summed E-state index contributed by atoms with van der Waals surface area (Å²) in [7, 11) is 0. The molecule has 0 aromatic carbocycles. The fourth-order valence-electron chi connectivity index (χ4n) is 1.29. The number of carboxylic acid groups (broad SMARTS) is 4. The molecule has 0 aliphatic rings. The fraction of sp³-hybridized carbons (Fsp3) is 0. The van der Waals surface area contributed by atoms with Gasteiger partial charge in [0, 0.05) is 31.9 Å². The van der Waals surface area contributed by atoms with Crippen LogP contribution in [0.2, 0.25) is 0 Å². The Morgan fingerprint density at radius 2 is 0.920 bits per heavy atom. The summed E-state index contributed by atoms with van der Waals surface area (Å²) in [6, 6.07) is 4.68. The maximum absolute atomic E-state index is 10.3. The Kier molecular flexibility index (Phi) is 8.58. The van der Waals surface area contributed by atoms with Crippen molar-refractivity contribution in [1.82, 2.24) is 9.97 Å². The zero-order valence-electron chi connectivity index (χ0n) is 12.5. The Bertz CT molecular complexity index is 641. The molecule has 0 aliphatic carbocycles. The van der Waals surface area contributed by atoms with Gasteiger partial charge in [0.15, 0.2) is 0 Å². The first-order chi connectivity index (χ1) is 11.2. The number of aromatic nitrogens is 2. The number of carbonyl (C=O) groups is 4. The van der Waals surface area contributed by atoms with Crippen LogP contribution in [0.1, 0.15) is 41.7 Å². The molecular formula is C14H10N2O8Zn. The van der Waals surface area contributed by atoms with Crippen molar-refractivity contribution in [3.8, 4) is 0 Å². The van der Waals surface area contributed by atoms with Gasteiger partial charge in [-0.15, -0.1) is 0 Å². The Morgan fingerprint density at radius 1 is 0.600 bits per heavy atom. The van der Waals surface area contributed by atoms with Gasteiger partial charge in [0.25, 0.3) is 0 Å². The minimum absolute atomic E-state index is 0. The Balaban J connectivity index is 0.000000443. The van der Waals surface area contributed by atoms with E-state index in [2.05, 4.69) is 9.97 Å². The summed E-state index contributed by atoms with van der Waals surface area (Å²) in [4.78, 5) is 48.0. The fourth-order valence-corrected chi connectivity index (χ4v) is 1.29. The molecule has 4 N–H and O–H groups in total. The molecule has 2 aromatic heterocycles. The van der Waals surface area contributed by atoms with Crippen molar-refractivity contribution in [2.24, 2.45) is 0 Å². The molecule has 0 unspecified atom stereocenters. The first kappa shape index (κ1) is 21.8. The van der Waals surface area contributed by atoms with Crippen molar-refractivity contribution < 1.29 is 59.1 Å². The molecule has 0 fully saturated rings. The summed E-state index contributed by atoms with van der Waals surface area (Å²) in [5.74, 6) is -4.60. The van der Waals surface area contributed by atoms with Gasteiger partial charge in [-0.2, -0.15) is 0 Å². The molecule has 2 heterocycles. The van der Waals surface area contributed by atoms with Gasteiger partial charge in [0.05, 0.1) is 11.1 Å².